The van der Waals surface area contributed by atoms with Gasteiger partial charge in [-0.05, 0) is 53.1 Å². The predicted octanol–water partition coefficient (Wildman–Crippen LogP) is 3.73. The first-order valence-corrected chi connectivity index (χ1v) is 17.2. The minimum absolute atomic E-state index is 0.0933. The number of carbonyl (C=O) groups is 5. The Morgan fingerprint density at radius 2 is 1.67 bits per heavy atom. The third-order valence-corrected chi connectivity index (χ3v) is 11.2. The molecule has 1 aromatic carbocycles. The normalized spacial score (nSPS) is 24.1. The van der Waals surface area contributed by atoms with Crippen LogP contribution in [0.4, 0.5) is 4.79 Å². The molecule has 0 spiro atoms. The molecular formula is C34H51N5O5S. The van der Waals surface area contributed by atoms with Gasteiger partial charge in [0.05, 0.1) is 6.04 Å². The summed E-state index contributed by atoms with van der Waals surface area (Å²) < 4.78 is 0. The van der Waals surface area contributed by atoms with Crippen molar-refractivity contribution in [3.8, 4) is 0 Å². The molecular weight excluding hydrogens is 590 g/mol. The Bertz CT molecular complexity index is 1280. The maximum absolute atomic E-state index is 14.3. The topological polar surface area (TPSA) is 151 Å². The first-order chi connectivity index (χ1) is 21.0. The second-order valence-corrected chi connectivity index (χ2v) is 16.2. The summed E-state index contributed by atoms with van der Waals surface area (Å²) in [4.78, 5) is 68.8. The van der Waals surface area contributed by atoms with E-state index < -0.39 is 47.2 Å². The zero-order valence-corrected chi connectivity index (χ0v) is 28.5. The minimum Gasteiger partial charge on any atom is -0.363 e. The summed E-state index contributed by atoms with van der Waals surface area (Å²) in [6, 6.07) is 6.68. The molecule has 5 amide bonds. The number of ketones is 1. The molecule has 1 heterocycles. The van der Waals surface area contributed by atoms with Gasteiger partial charge in [0.15, 0.2) is 0 Å². The number of thioether (sulfide) groups is 1. The van der Waals surface area contributed by atoms with Gasteiger partial charge in [0.25, 0.3) is 5.91 Å². The molecule has 1 aromatic rings. The molecule has 248 valence electrons. The number of likely N-dealkylation sites (tertiary alicyclic amines) is 1. The van der Waals surface area contributed by atoms with Crippen LogP contribution in [-0.4, -0.2) is 70.9 Å². The Morgan fingerprint density at radius 1 is 1.02 bits per heavy atom. The smallest absolute Gasteiger partial charge is 0.315 e. The number of Topliss-reactive ketones (excluding diaryl/α,β-unsaturated/α-hetero) is 1. The van der Waals surface area contributed by atoms with E-state index in [1.165, 1.54) is 0 Å². The second kappa shape index (κ2) is 13.7. The Hall–Kier alpha value is -3.08. The number of nitrogens with two attached hydrogens (primary N) is 1. The molecule has 45 heavy (non-hydrogen) atoms. The van der Waals surface area contributed by atoms with Crippen molar-refractivity contribution in [2.45, 2.75) is 103 Å². The molecule has 0 aromatic heterocycles. The van der Waals surface area contributed by atoms with Crippen LogP contribution in [0.1, 0.15) is 74.1 Å². The van der Waals surface area contributed by atoms with Gasteiger partial charge in [-0.25, -0.2) is 4.79 Å². The number of carbonyl (C=O) groups excluding carboxylic acids is 5. The fourth-order valence-electron chi connectivity index (χ4n) is 6.79. The average Bonchev–Trinajstić information content (AvgIpc) is 3.26. The molecule has 2 aliphatic carbocycles. The van der Waals surface area contributed by atoms with Crippen molar-refractivity contribution in [3.05, 3.63) is 30.3 Å². The number of hydrogen-bond donors (Lipinski definition) is 4. The van der Waals surface area contributed by atoms with Crippen LogP contribution in [0.2, 0.25) is 0 Å². The number of benzene rings is 1. The Balaban J connectivity index is 1.48. The van der Waals surface area contributed by atoms with Crippen molar-refractivity contribution in [1.29, 1.82) is 0 Å². The molecule has 0 radical (unpaired) electrons. The summed E-state index contributed by atoms with van der Waals surface area (Å²) in [5.41, 5.74) is 4.53. The lowest BCUT2D eigenvalue weighted by Crippen LogP contribution is -2.62. The SMILES string of the molecule is CC(C)[C@@H](CSc1ccccc1)NC(=O)N[C@H](C(=O)N1C[C@H]2[C@@H]([C@H]1C(=O)NC(CC1CCC1)C(=O)C(N)=O)C2(C)C)C(C)(C)C. The van der Waals surface area contributed by atoms with Crippen molar-refractivity contribution in [3.63, 3.8) is 0 Å². The van der Waals surface area contributed by atoms with Crippen molar-refractivity contribution in [2.24, 2.45) is 40.2 Å². The van der Waals surface area contributed by atoms with Gasteiger partial charge >= 0.3 is 6.03 Å². The summed E-state index contributed by atoms with van der Waals surface area (Å²) in [6.45, 7) is 14.3. The van der Waals surface area contributed by atoms with Crippen LogP contribution in [-0.2, 0) is 19.2 Å². The average molecular weight is 642 g/mol. The molecule has 2 saturated carbocycles. The number of nitrogens with zero attached hydrogens (tertiary/aromatic N) is 1. The molecule has 10 nitrogen and oxygen atoms in total. The lowest BCUT2D eigenvalue weighted by molar-refractivity contribution is -0.145. The van der Waals surface area contributed by atoms with Gasteiger partial charge < -0.3 is 26.6 Å². The van der Waals surface area contributed by atoms with Crippen molar-refractivity contribution < 1.29 is 24.0 Å². The molecule has 3 fully saturated rings. The first kappa shape index (κ1) is 34.8. The van der Waals surface area contributed by atoms with E-state index in [-0.39, 0.29) is 41.0 Å². The van der Waals surface area contributed by atoms with Gasteiger partial charge in [0.2, 0.25) is 17.6 Å². The maximum atomic E-state index is 14.3. The van der Waals surface area contributed by atoms with Crippen LogP contribution in [0, 0.1) is 34.5 Å². The Kier molecular flexibility index (Phi) is 10.6. The Labute approximate surface area is 271 Å². The van der Waals surface area contributed by atoms with E-state index in [0.29, 0.717) is 18.7 Å². The van der Waals surface area contributed by atoms with E-state index in [0.717, 1.165) is 24.2 Å². The van der Waals surface area contributed by atoms with Crippen molar-refractivity contribution in [2.75, 3.05) is 12.3 Å². The number of hydrogen-bond acceptors (Lipinski definition) is 6. The molecule has 1 saturated heterocycles. The van der Waals surface area contributed by atoms with Gasteiger partial charge in [-0.1, -0.05) is 85.9 Å². The number of rotatable bonds is 13. The molecule has 6 atom stereocenters. The standard InChI is InChI=1S/C34H51N5O5S/c1-19(2)24(18-45-21-14-9-8-10-15-21)37-32(44)38-28(33(3,4)5)31(43)39-17-22-25(34(22,6)7)26(39)30(42)36-23(27(40)29(35)41)16-20-12-11-13-20/h8-10,14-15,19-20,22-26,28H,11-13,16-18H2,1-7H3,(H2,35,41)(H,36,42)(H2,37,38,44)/t22-,23?,24+,25-,26-,28+/m0/s1. The van der Waals surface area contributed by atoms with E-state index in [1.54, 1.807) is 16.7 Å². The predicted molar refractivity (Wildman–Crippen MR) is 175 cm³/mol. The van der Waals surface area contributed by atoms with Gasteiger partial charge in [-0.3, -0.25) is 19.2 Å². The minimum atomic E-state index is -1.08. The highest BCUT2D eigenvalue weighted by Crippen LogP contribution is 2.65. The van der Waals surface area contributed by atoms with Crippen LogP contribution >= 0.6 is 11.8 Å². The second-order valence-electron chi connectivity index (χ2n) is 15.1. The van der Waals surface area contributed by atoms with E-state index in [4.69, 9.17) is 5.73 Å². The summed E-state index contributed by atoms with van der Waals surface area (Å²) in [5, 5.41) is 8.84. The summed E-state index contributed by atoms with van der Waals surface area (Å²) >= 11 is 1.66. The van der Waals surface area contributed by atoms with Gasteiger partial charge in [0.1, 0.15) is 12.1 Å². The highest BCUT2D eigenvalue weighted by atomic mass is 32.2. The van der Waals surface area contributed by atoms with Crippen LogP contribution in [0.25, 0.3) is 0 Å². The summed E-state index contributed by atoms with van der Waals surface area (Å²) in [7, 11) is 0. The molecule has 3 aliphatic rings. The first-order valence-electron chi connectivity index (χ1n) is 16.2. The molecule has 5 N–H and O–H groups in total. The van der Waals surface area contributed by atoms with Crippen LogP contribution in [0.5, 0.6) is 0 Å². The molecule has 0 bridgehead atoms. The summed E-state index contributed by atoms with van der Waals surface area (Å²) in [6.07, 6.45) is 3.29. The highest BCUT2D eigenvalue weighted by Gasteiger charge is 2.70. The number of urea groups is 1. The quantitative estimate of drug-likeness (QED) is 0.190. The fraction of sp³-hybridized carbons (Fsp3) is 0.676. The van der Waals surface area contributed by atoms with Crippen LogP contribution < -0.4 is 21.7 Å². The number of nitrogens with one attached hydrogen (secondary N) is 3. The number of piperidine rings is 1. The third kappa shape index (κ3) is 8.02. The van der Waals surface area contributed by atoms with E-state index in [9.17, 15) is 24.0 Å². The number of primary amides is 1. The zero-order valence-electron chi connectivity index (χ0n) is 27.7. The maximum Gasteiger partial charge on any atom is 0.315 e. The van der Waals surface area contributed by atoms with Gasteiger partial charge in [-0.2, -0.15) is 0 Å². The number of fused-ring (bicyclic) bond motifs is 1. The summed E-state index contributed by atoms with van der Waals surface area (Å²) in [5.74, 6) is -1.57. The van der Waals surface area contributed by atoms with Gasteiger partial charge in [0, 0.05) is 23.2 Å². The molecule has 4 rings (SSSR count). The largest absolute Gasteiger partial charge is 0.363 e. The van der Waals surface area contributed by atoms with E-state index in [2.05, 4.69) is 29.8 Å². The van der Waals surface area contributed by atoms with E-state index >= 15 is 0 Å². The van der Waals surface area contributed by atoms with E-state index in [1.807, 2.05) is 65.0 Å². The van der Waals surface area contributed by atoms with Crippen molar-refractivity contribution in [1.82, 2.24) is 20.9 Å². The molecule has 11 heteroatoms. The lowest BCUT2D eigenvalue weighted by atomic mass is 9.80. The van der Waals surface area contributed by atoms with Gasteiger partial charge in [-0.15, -0.1) is 11.8 Å². The lowest BCUT2D eigenvalue weighted by Gasteiger charge is -2.38. The van der Waals surface area contributed by atoms with Crippen LogP contribution in [0.3, 0.4) is 0 Å². The third-order valence-electron chi connectivity index (χ3n) is 10.1. The number of amides is 5. The van der Waals surface area contributed by atoms with Crippen molar-refractivity contribution >= 4 is 41.3 Å². The zero-order chi connectivity index (χ0) is 33.3. The molecule has 1 aliphatic heterocycles. The highest BCUT2D eigenvalue weighted by molar-refractivity contribution is 7.99. The monoisotopic (exact) mass is 641 g/mol. The fourth-order valence-corrected chi connectivity index (χ4v) is 7.98. The molecule has 1 unspecified atom stereocenters. The van der Waals surface area contributed by atoms with Crippen LogP contribution in [0.15, 0.2) is 35.2 Å². The Morgan fingerprint density at radius 3 is 2.20 bits per heavy atom.